The van der Waals surface area contributed by atoms with Gasteiger partial charge in [0.15, 0.2) is 6.61 Å². The number of likely N-dealkylation sites (N-methyl/N-ethyl adjacent to an activating group) is 1. The van der Waals surface area contributed by atoms with Crippen LogP contribution in [-0.4, -0.2) is 47.9 Å². The highest BCUT2D eigenvalue weighted by atomic mass is 16.6. The highest BCUT2D eigenvalue weighted by molar-refractivity contribution is 5.88. The number of aryl methyl sites for hydroxylation is 1. The molecule has 3 aromatic rings. The van der Waals surface area contributed by atoms with Crippen molar-refractivity contribution in [3.05, 3.63) is 99.6 Å². The third kappa shape index (κ3) is 7.54. The molecule has 0 spiro atoms. The van der Waals surface area contributed by atoms with Gasteiger partial charge in [0.25, 0.3) is 5.91 Å². The number of methoxy groups -OCH3 is 1. The lowest BCUT2D eigenvalue weighted by Crippen LogP contribution is -2.51. The molecule has 0 aliphatic carbocycles. The Kier molecular flexibility index (Phi) is 9.60. The Hall–Kier alpha value is -4.40. The van der Waals surface area contributed by atoms with E-state index < -0.39 is 16.9 Å². The topological polar surface area (TPSA) is 111 Å². The maximum absolute atomic E-state index is 13.5. The van der Waals surface area contributed by atoms with Crippen LogP contribution in [0.15, 0.2) is 72.8 Å². The molecular formula is C28H31N3O6. The largest absolute Gasteiger partial charge is 0.490 e. The van der Waals surface area contributed by atoms with Gasteiger partial charge in [-0.1, -0.05) is 60.2 Å². The first kappa shape index (κ1) is 27.2. The second kappa shape index (κ2) is 13.1. The van der Waals surface area contributed by atoms with Gasteiger partial charge >= 0.3 is 5.69 Å². The number of carbonyl (C=O) groups excluding carboxylic acids is 2. The fourth-order valence-corrected chi connectivity index (χ4v) is 3.86. The predicted molar refractivity (Wildman–Crippen MR) is 139 cm³/mol. The molecule has 0 saturated heterocycles. The lowest BCUT2D eigenvalue weighted by atomic mass is 10.0. The van der Waals surface area contributed by atoms with E-state index in [1.165, 1.54) is 30.2 Å². The number of rotatable bonds is 12. The number of nitro benzene ring substituents is 1. The maximum Gasteiger partial charge on any atom is 0.311 e. The monoisotopic (exact) mass is 505 g/mol. The fraction of sp³-hybridized carbons (Fsp3) is 0.286. The number of amides is 2. The lowest BCUT2D eigenvalue weighted by Gasteiger charge is -2.31. The molecule has 3 rings (SSSR count). The molecule has 0 fully saturated rings. The number of nitrogens with one attached hydrogen (secondary N) is 1. The molecule has 3 aromatic carbocycles. The van der Waals surface area contributed by atoms with Gasteiger partial charge in [-0.05, 0) is 31.0 Å². The minimum atomic E-state index is -0.772. The van der Waals surface area contributed by atoms with Gasteiger partial charge < -0.3 is 19.7 Å². The number of nitro groups is 1. The summed E-state index contributed by atoms with van der Waals surface area (Å²) in [5.41, 5.74) is 2.67. The molecule has 194 valence electrons. The molecule has 9 heteroatoms. The van der Waals surface area contributed by atoms with Gasteiger partial charge in [-0.25, -0.2) is 0 Å². The van der Waals surface area contributed by atoms with E-state index in [1.807, 2.05) is 68.4 Å². The van der Waals surface area contributed by atoms with Gasteiger partial charge in [-0.2, -0.15) is 0 Å². The number of ether oxygens (including phenoxy) is 2. The van der Waals surface area contributed by atoms with Crippen LogP contribution in [0.5, 0.6) is 11.5 Å². The number of hydrogen-bond acceptors (Lipinski definition) is 6. The van der Waals surface area contributed by atoms with E-state index in [-0.39, 0.29) is 36.2 Å². The fourth-order valence-electron chi connectivity index (χ4n) is 3.86. The average molecular weight is 506 g/mol. The molecule has 0 saturated carbocycles. The highest BCUT2D eigenvalue weighted by Gasteiger charge is 2.30. The van der Waals surface area contributed by atoms with Gasteiger partial charge in [-0.3, -0.25) is 19.7 Å². The van der Waals surface area contributed by atoms with Crippen molar-refractivity contribution in [2.24, 2.45) is 0 Å². The van der Waals surface area contributed by atoms with Gasteiger partial charge in [0.2, 0.25) is 11.7 Å². The number of carbonyl (C=O) groups is 2. The third-order valence-electron chi connectivity index (χ3n) is 5.81. The van der Waals surface area contributed by atoms with Crippen molar-refractivity contribution >= 4 is 17.5 Å². The van der Waals surface area contributed by atoms with Crippen molar-refractivity contribution in [3.63, 3.8) is 0 Å². The van der Waals surface area contributed by atoms with E-state index in [1.54, 1.807) is 0 Å². The predicted octanol–water partition coefficient (Wildman–Crippen LogP) is 4.07. The third-order valence-corrected chi connectivity index (χ3v) is 5.81. The van der Waals surface area contributed by atoms with E-state index in [0.717, 1.165) is 16.7 Å². The Balaban J connectivity index is 1.88. The Morgan fingerprint density at radius 3 is 2.35 bits per heavy atom. The molecule has 1 N–H and O–H groups in total. The molecule has 0 aliphatic heterocycles. The summed E-state index contributed by atoms with van der Waals surface area (Å²) in [6.45, 7) is 4.08. The highest BCUT2D eigenvalue weighted by Crippen LogP contribution is 2.30. The number of hydrogen-bond donors (Lipinski definition) is 1. The van der Waals surface area contributed by atoms with Crippen molar-refractivity contribution in [1.82, 2.24) is 10.2 Å². The minimum Gasteiger partial charge on any atom is -0.490 e. The van der Waals surface area contributed by atoms with Crippen LogP contribution in [0.4, 0.5) is 5.69 Å². The molecule has 37 heavy (non-hydrogen) atoms. The van der Waals surface area contributed by atoms with Crippen LogP contribution in [0.3, 0.4) is 0 Å². The van der Waals surface area contributed by atoms with E-state index in [9.17, 15) is 19.7 Å². The minimum absolute atomic E-state index is 0.0238. The summed E-state index contributed by atoms with van der Waals surface area (Å²) >= 11 is 0. The van der Waals surface area contributed by atoms with Gasteiger partial charge in [-0.15, -0.1) is 0 Å². The molecule has 0 unspecified atom stereocenters. The summed E-state index contributed by atoms with van der Waals surface area (Å²) in [6.07, 6.45) is 0.329. The SMILES string of the molecule is CCNC(=O)[C@@H](Cc1ccccc1)N(Cc1ccc(C)cc1)C(=O)COc1ccc([N+](=O)[O-])c(OC)c1. The van der Waals surface area contributed by atoms with E-state index in [2.05, 4.69) is 5.32 Å². The van der Waals surface area contributed by atoms with Crippen molar-refractivity contribution in [3.8, 4) is 11.5 Å². The second-order valence-corrected chi connectivity index (χ2v) is 8.49. The zero-order valence-electron chi connectivity index (χ0n) is 21.2. The Morgan fingerprint density at radius 1 is 1.03 bits per heavy atom. The van der Waals surface area contributed by atoms with Crippen molar-refractivity contribution < 1.29 is 24.0 Å². The standard InChI is InChI=1S/C28H31N3O6/c1-4-29-28(33)25(16-21-8-6-5-7-9-21)30(18-22-12-10-20(2)11-13-22)27(32)19-37-23-14-15-24(31(34)35)26(17-23)36-3/h5-15,17,25H,4,16,18-19H2,1-3H3,(H,29,33)/t25-/m1/s1. The smallest absolute Gasteiger partial charge is 0.311 e. The summed E-state index contributed by atoms with van der Waals surface area (Å²) < 4.78 is 10.8. The van der Waals surface area contributed by atoms with Crippen molar-refractivity contribution in [2.45, 2.75) is 32.9 Å². The summed E-state index contributed by atoms with van der Waals surface area (Å²) in [7, 11) is 1.32. The summed E-state index contributed by atoms with van der Waals surface area (Å²) in [5, 5.41) is 14.0. The molecule has 9 nitrogen and oxygen atoms in total. The molecular weight excluding hydrogens is 474 g/mol. The Morgan fingerprint density at radius 2 is 1.73 bits per heavy atom. The van der Waals surface area contributed by atoms with Gasteiger partial charge in [0, 0.05) is 31.6 Å². The first-order valence-electron chi connectivity index (χ1n) is 11.9. The maximum atomic E-state index is 13.5. The van der Waals surface area contributed by atoms with E-state index >= 15 is 0 Å². The molecule has 0 radical (unpaired) electrons. The van der Waals surface area contributed by atoms with Crippen LogP contribution in [0, 0.1) is 17.0 Å². The Labute approximate surface area is 216 Å². The van der Waals surface area contributed by atoms with Crippen LogP contribution in [0.2, 0.25) is 0 Å². The summed E-state index contributed by atoms with van der Waals surface area (Å²) in [5.74, 6) is -0.395. The van der Waals surface area contributed by atoms with Crippen LogP contribution in [0.25, 0.3) is 0 Å². The van der Waals surface area contributed by atoms with Crippen LogP contribution >= 0.6 is 0 Å². The van der Waals surface area contributed by atoms with Crippen LogP contribution < -0.4 is 14.8 Å². The molecule has 1 atom stereocenters. The van der Waals surface area contributed by atoms with E-state index in [4.69, 9.17) is 9.47 Å². The molecule has 0 heterocycles. The zero-order chi connectivity index (χ0) is 26.8. The van der Waals surface area contributed by atoms with Gasteiger partial charge in [0.1, 0.15) is 11.8 Å². The zero-order valence-corrected chi connectivity index (χ0v) is 21.2. The Bertz CT molecular complexity index is 1210. The van der Waals surface area contributed by atoms with Crippen molar-refractivity contribution in [2.75, 3.05) is 20.3 Å². The van der Waals surface area contributed by atoms with Crippen LogP contribution in [0.1, 0.15) is 23.6 Å². The number of benzene rings is 3. The number of nitrogens with zero attached hydrogens (tertiary/aromatic N) is 2. The van der Waals surface area contributed by atoms with Crippen LogP contribution in [-0.2, 0) is 22.6 Å². The molecule has 0 aliphatic rings. The molecule has 0 bridgehead atoms. The lowest BCUT2D eigenvalue weighted by molar-refractivity contribution is -0.385. The first-order chi connectivity index (χ1) is 17.8. The molecule has 2 amide bonds. The quantitative estimate of drug-likeness (QED) is 0.293. The summed E-state index contributed by atoms with van der Waals surface area (Å²) in [6, 6.07) is 20.5. The first-order valence-corrected chi connectivity index (χ1v) is 11.9. The van der Waals surface area contributed by atoms with Crippen molar-refractivity contribution in [1.29, 1.82) is 0 Å². The molecule has 0 aromatic heterocycles. The average Bonchev–Trinajstić information content (AvgIpc) is 2.90. The second-order valence-electron chi connectivity index (χ2n) is 8.49. The normalized spacial score (nSPS) is 11.3. The van der Waals surface area contributed by atoms with E-state index in [0.29, 0.717) is 13.0 Å². The summed E-state index contributed by atoms with van der Waals surface area (Å²) in [4.78, 5) is 38.8. The van der Waals surface area contributed by atoms with Gasteiger partial charge in [0.05, 0.1) is 12.0 Å².